The van der Waals surface area contributed by atoms with Crippen LogP contribution in [-0.4, -0.2) is 94.1 Å². The van der Waals surface area contributed by atoms with Crippen LogP contribution >= 0.6 is 22.7 Å². The molecule has 0 aliphatic carbocycles. The number of hydrogen-bond acceptors (Lipinski definition) is 10. The van der Waals surface area contributed by atoms with Crippen LogP contribution in [0.15, 0.2) is 45.8 Å². The zero-order chi connectivity index (χ0) is 27.7. The summed E-state index contributed by atoms with van der Waals surface area (Å²) in [4.78, 5) is 72.8. The van der Waals surface area contributed by atoms with Crippen LogP contribution in [0.2, 0.25) is 0 Å². The molecule has 19 heteroatoms. The number of carboxylic acids is 8. The van der Waals surface area contributed by atoms with Gasteiger partial charge >= 0.3 is 47.8 Å². The molecule has 0 unspecified atom stereocenters. The van der Waals surface area contributed by atoms with Crippen LogP contribution in [0.4, 0.5) is 0 Å². The number of thiophene rings is 2. The maximum Gasteiger partial charge on any atom is 0.414 e. The summed E-state index contributed by atoms with van der Waals surface area (Å²) in [5.74, 6) is -14.6. The van der Waals surface area contributed by atoms with Crippen molar-refractivity contribution in [3.8, 4) is 0 Å². The normalized spacial score (nSPS) is 7.31. The van der Waals surface area contributed by atoms with Crippen molar-refractivity contribution < 1.29 is 84.7 Å². The summed E-state index contributed by atoms with van der Waals surface area (Å²) in [7, 11) is 0. The van der Waals surface area contributed by atoms with Crippen LogP contribution in [0, 0.1) is 0 Å². The second-order valence-corrected chi connectivity index (χ2v) is 5.66. The van der Waals surface area contributed by atoms with Gasteiger partial charge in [0.1, 0.15) is 0 Å². The maximum atomic E-state index is 9.10. The van der Waals surface area contributed by atoms with Crippen LogP contribution in [0.5, 0.6) is 0 Å². The number of rotatable bonds is 0. The van der Waals surface area contributed by atoms with Gasteiger partial charge in [0, 0.05) is 0 Å². The van der Waals surface area contributed by atoms with Gasteiger partial charge in [-0.1, -0.05) is 24.3 Å². The molecule has 0 aliphatic heterocycles. The first-order chi connectivity index (χ1) is 15.6. The second-order valence-electron chi connectivity index (χ2n) is 4.03. The highest BCUT2D eigenvalue weighted by atomic mass is 32.1. The highest BCUT2D eigenvalue weighted by Gasteiger charge is 2.05. The molecular weight excluding hydrogens is 528 g/mol. The van der Waals surface area contributed by atoms with E-state index < -0.39 is 47.8 Å². The SMILES string of the molecule is O.O=C(O)C(=O)O.O=C(O)C(=O)O.O=C(O)C(=O)O.O=C(O)C(=O)O.c1ccsc1.c1ccsc1. The summed E-state index contributed by atoms with van der Waals surface area (Å²) < 4.78 is 0. The fraction of sp³-hybridized carbons (Fsp3) is 0. The molecule has 196 valence electrons. The van der Waals surface area contributed by atoms with E-state index in [4.69, 9.17) is 79.2 Å². The fourth-order valence-corrected chi connectivity index (χ4v) is 1.36. The van der Waals surface area contributed by atoms with Crippen molar-refractivity contribution >= 4 is 70.4 Å². The van der Waals surface area contributed by atoms with E-state index in [1.807, 2.05) is 45.8 Å². The first-order valence-corrected chi connectivity index (χ1v) is 9.25. The van der Waals surface area contributed by atoms with Gasteiger partial charge in [-0.05, 0) is 21.5 Å². The molecular formula is C16H18O17S2. The molecule has 2 aromatic rings. The number of carboxylic acid groups (broad SMARTS) is 8. The Morgan fingerprint density at radius 1 is 0.343 bits per heavy atom. The third-order valence-corrected chi connectivity index (χ3v) is 2.84. The van der Waals surface area contributed by atoms with E-state index in [9.17, 15) is 0 Å². The summed E-state index contributed by atoms with van der Waals surface area (Å²) in [6.07, 6.45) is 0. The van der Waals surface area contributed by atoms with Crippen LogP contribution in [0.3, 0.4) is 0 Å². The molecule has 0 spiro atoms. The molecule has 2 rings (SSSR count). The van der Waals surface area contributed by atoms with Crippen LogP contribution in [0.1, 0.15) is 0 Å². The van der Waals surface area contributed by atoms with E-state index in [-0.39, 0.29) is 5.48 Å². The van der Waals surface area contributed by atoms with Gasteiger partial charge in [-0.3, -0.25) is 0 Å². The molecule has 0 amide bonds. The van der Waals surface area contributed by atoms with Gasteiger partial charge < -0.3 is 46.3 Å². The van der Waals surface area contributed by atoms with Crippen LogP contribution in [-0.2, 0) is 38.4 Å². The van der Waals surface area contributed by atoms with Crippen LogP contribution in [0.25, 0.3) is 0 Å². The summed E-state index contributed by atoms with van der Waals surface area (Å²) in [6.45, 7) is 0. The number of aliphatic carboxylic acids is 8. The smallest absolute Gasteiger partial charge is 0.414 e. The van der Waals surface area contributed by atoms with E-state index >= 15 is 0 Å². The van der Waals surface area contributed by atoms with Crippen molar-refractivity contribution in [3.63, 3.8) is 0 Å². The minimum atomic E-state index is -1.82. The first-order valence-electron chi connectivity index (χ1n) is 7.36. The average molecular weight is 546 g/mol. The van der Waals surface area contributed by atoms with Gasteiger partial charge in [-0.25, -0.2) is 38.4 Å². The number of hydrogen-bond donors (Lipinski definition) is 8. The van der Waals surface area contributed by atoms with Crippen molar-refractivity contribution in [3.05, 3.63) is 45.8 Å². The van der Waals surface area contributed by atoms with E-state index in [0.29, 0.717) is 0 Å². The van der Waals surface area contributed by atoms with Gasteiger partial charge in [-0.2, -0.15) is 22.7 Å². The standard InChI is InChI=1S/2C4H4S.4C2H2O4.H2O/c2*1-2-4-5-3-1;4*3-1(4)2(5)6;/h2*1-4H;4*(H,3,4)(H,5,6);1H2. The quantitative estimate of drug-likeness (QED) is 0.189. The molecule has 17 nitrogen and oxygen atoms in total. The summed E-state index contributed by atoms with van der Waals surface area (Å²) >= 11 is 3.43. The van der Waals surface area contributed by atoms with Crippen molar-refractivity contribution in [1.82, 2.24) is 0 Å². The zero-order valence-electron chi connectivity index (χ0n) is 16.8. The Morgan fingerprint density at radius 2 is 0.457 bits per heavy atom. The lowest BCUT2D eigenvalue weighted by Gasteiger charge is -1.72. The molecule has 0 radical (unpaired) electrons. The molecule has 0 saturated carbocycles. The van der Waals surface area contributed by atoms with E-state index in [2.05, 4.69) is 0 Å². The highest BCUT2D eigenvalue weighted by molar-refractivity contribution is 7.08. The van der Waals surface area contributed by atoms with Crippen molar-refractivity contribution in [2.75, 3.05) is 0 Å². The Labute approximate surface area is 201 Å². The molecule has 2 aromatic heterocycles. The van der Waals surface area contributed by atoms with Gasteiger partial charge in [0.05, 0.1) is 0 Å². The van der Waals surface area contributed by atoms with Gasteiger partial charge in [0.2, 0.25) is 0 Å². The molecule has 35 heavy (non-hydrogen) atoms. The number of carbonyl (C=O) groups is 8. The molecule has 0 atom stereocenters. The van der Waals surface area contributed by atoms with Gasteiger partial charge in [0.15, 0.2) is 0 Å². The van der Waals surface area contributed by atoms with E-state index in [1.54, 1.807) is 22.7 Å². The molecule has 0 aliphatic rings. The Bertz CT molecular complexity index is 683. The zero-order valence-corrected chi connectivity index (χ0v) is 18.4. The highest BCUT2D eigenvalue weighted by Crippen LogP contribution is 1.92. The van der Waals surface area contributed by atoms with E-state index in [0.717, 1.165) is 0 Å². The Kier molecular flexibility index (Phi) is 31.4. The van der Waals surface area contributed by atoms with Crippen LogP contribution < -0.4 is 0 Å². The largest absolute Gasteiger partial charge is 0.473 e. The van der Waals surface area contributed by atoms with Crippen molar-refractivity contribution in [1.29, 1.82) is 0 Å². The first kappa shape index (κ1) is 40.5. The lowest BCUT2D eigenvalue weighted by molar-refractivity contribution is -0.159. The van der Waals surface area contributed by atoms with Gasteiger partial charge in [0.25, 0.3) is 0 Å². The molecule has 0 aromatic carbocycles. The average Bonchev–Trinajstić information content (AvgIpc) is 3.48. The topological polar surface area (TPSA) is 330 Å². The van der Waals surface area contributed by atoms with E-state index in [1.165, 1.54) is 0 Å². The second kappa shape index (κ2) is 27.2. The van der Waals surface area contributed by atoms with Crippen molar-refractivity contribution in [2.24, 2.45) is 0 Å². The Balaban J connectivity index is -0.000000102. The fourth-order valence-electron chi connectivity index (χ4n) is 0.454. The predicted octanol–water partition coefficient (Wildman–Crippen LogP) is -0.706. The maximum absolute atomic E-state index is 9.10. The summed E-state index contributed by atoms with van der Waals surface area (Å²) in [5.41, 5.74) is 0. The third kappa shape index (κ3) is 48.0. The van der Waals surface area contributed by atoms with Crippen molar-refractivity contribution in [2.45, 2.75) is 0 Å². The molecule has 2 heterocycles. The molecule has 0 fully saturated rings. The van der Waals surface area contributed by atoms with Gasteiger partial charge in [-0.15, -0.1) is 0 Å². The third-order valence-electron chi connectivity index (χ3n) is 1.58. The summed E-state index contributed by atoms with van der Waals surface area (Å²) in [6, 6.07) is 8.07. The monoisotopic (exact) mass is 546 g/mol. The molecule has 0 bridgehead atoms. The molecule has 0 saturated heterocycles. The lowest BCUT2D eigenvalue weighted by atomic mass is 10.7. The predicted molar refractivity (Wildman–Crippen MR) is 113 cm³/mol. The minimum absolute atomic E-state index is 0. The summed E-state index contributed by atoms with van der Waals surface area (Å²) in [5, 5.41) is 67.3. The minimum Gasteiger partial charge on any atom is -0.473 e. The molecule has 10 N–H and O–H groups in total. The Morgan fingerprint density at radius 3 is 0.486 bits per heavy atom. The Hall–Kier alpha value is -4.88. The lowest BCUT2D eigenvalue weighted by Crippen LogP contribution is -2.09.